The average molecular weight is 450 g/mol. The first-order chi connectivity index (χ1) is 15.2. The van der Waals surface area contributed by atoms with Crippen LogP contribution in [0, 0.1) is 34.6 Å². The molecule has 0 fully saturated rings. The molecule has 32 heavy (non-hydrogen) atoms. The first kappa shape index (κ1) is 21.7. The van der Waals surface area contributed by atoms with Crippen LogP contribution in [0.1, 0.15) is 36.9 Å². The van der Waals surface area contributed by atoms with Crippen molar-refractivity contribution in [2.24, 2.45) is 0 Å². The molecule has 0 unspecified atom stereocenters. The van der Waals surface area contributed by atoms with E-state index in [1.807, 2.05) is 52.0 Å². The molecule has 164 valence electrons. The van der Waals surface area contributed by atoms with E-state index in [0.29, 0.717) is 22.5 Å². The van der Waals surface area contributed by atoms with Gasteiger partial charge in [-0.15, -0.1) is 11.3 Å². The molecule has 7 nitrogen and oxygen atoms in total. The highest BCUT2D eigenvalue weighted by atomic mass is 32.1. The Morgan fingerprint density at radius 2 is 1.88 bits per heavy atom. The fraction of sp³-hybridized carbons (Fsp3) is 0.250. The van der Waals surface area contributed by atoms with Gasteiger partial charge < -0.3 is 14.6 Å². The Morgan fingerprint density at radius 1 is 1.09 bits per heavy atom. The number of esters is 1. The number of ether oxygens (including phenoxy) is 1. The molecule has 1 amide bonds. The van der Waals surface area contributed by atoms with E-state index in [-0.39, 0.29) is 11.3 Å². The number of pyridine rings is 1. The van der Waals surface area contributed by atoms with E-state index < -0.39 is 18.5 Å². The van der Waals surface area contributed by atoms with Crippen LogP contribution < -0.4 is 5.32 Å². The van der Waals surface area contributed by atoms with Gasteiger partial charge >= 0.3 is 5.97 Å². The molecule has 0 spiro atoms. The van der Waals surface area contributed by atoms with Crippen molar-refractivity contribution in [3.8, 4) is 11.3 Å². The Labute approximate surface area is 189 Å². The molecule has 0 aliphatic rings. The Kier molecular flexibility index (Phi) is 5.80. The number of anilines is 1. The molecule has 0 atom stereocenters. The van der Waals surface area contributed by atoms with E-state index in [9.17, 15) is 9.59 Å². The molecular weight excluding hydrogens is 426 g/mol. The van der Waals surface area contributed by atoms with E-state index in [1.165, 1.54) is 0 Å². The summed E-state index contributed by atoms with van der Waals surface area (Å²) in [7, 11) is 0. The first-order valence-corrected chi connectivity index (χ1v) is 10.9. The van der Waals surface area contributed by atoms with Crippen LogP contribution in [0.3, 0.4) is 0 Å². The minimum absolute atomic E-state index is 0.259. The predicted molar refractivity (Wildman–Crippen MR) is 124 cm³/mol. The van der Waals surface area contributed by atoms with Crippen molar-refractivity contribution in [3.63, 3.8) is 0 Å². The zero-order chi connectivity index (χ0) is 23.0. The molecule has 0 bridgehead atoms. The minimum Gasteiger partial charge on any atom is -0.452 e. The fourth-order valence-corrected chi connectivity index (χ4v) is 4.48. The summed E-state index contributed by atoms with van der Waals surface area (Å²) in [5.74, 6) is -1.05. The largest absolute Gasteiger partial charge is 0.452 e. The van der Waals surface area contributed by atoms with E-state index >= 15 is 0 Å². The summed E-state index contributed by atoms with van der Waals surface area (Å²) in [6.45, 7) is 9.18. The number of hydrogen-bond acceptors (Lipinski definition) is 7. The Morgan fingerprint density at radius 3 is 2.59 bits per heavy atom. The number of fused-ring (bicyclic) bond motifs is 1. The van der Waals surface area contributed by atoms with Gasteiger partial charge in [-0.3, -0.25) is 4.79 Å². The van der Waals surface area contributed by atoms with E-state index in [4.69, 9.17) is 9.26 Å². The number of carbonyl (C=O) groups is 2. The van der Waals surface area contributed by atoms with Gasteiger partial charge in [0.2, 0.25) is 0 Å². The van der Waals surface area contributed by atoms with Gasteiger partial charge in [-0.1, -0.05) is 17.3 Å². The predicted octanol–water partition coefficient (Wildman–Crippen LogP) is 5.29. The lowest BCUT2D eigenvalue weighted by atomic mass is 10.1. The maximum Gasteiger partial charge on any atom is 0.339 e. The number of nitrogens with one attached hydrogen (secondary N) is 1. The van der Waals surface area contributed by atoms with Crippen LogP contribution >= 0.6 is 11.3 Å². The highest BCUT2D eigenvalue weighted by Gasteiger charge is 2.22. The zero-order valence-corrected chi connectivity index (χ0v) is 19.3. The molecule has 0 radical (unpaired) electrons. The molecule has 3 aromatic heterocycles. The lowest BCUT2D eigenvalue weighted by Gasteiger charge is -2.10. The molecule has 0 aliphatic carbocycles. The second-order valence-corrected chi connectivity index (χ2v) is 9.23. The number of aromatic nitrogens is 2. The Bertz CT molecular complexity index is 1350. The second-order valence-electron chi connectivity index (χ2n) is 7.77. The van der Waals surface area contributed by atoms with Gasteiger partial charge in [0.25, 0.3) is 11.6 Å². The van der Waals surface area contributed by atoms with Crippen molar-refractivity contribution >= 4 is 40.0 Å². The summed E-state index contributed by atoms with van der Waals surface area (Å²) in [6, 6.07) is 9.46. The summed E-state index contributed by atoms with van der Waals surface area (Å²) < 4.78 is 10.7. The summed E-state index contributed by atoms with van der Waals surface area (Å²) in [4.78, 5) is 32.1. The molecule has 4 aromatic rings. The Balaban J connectivity index is 1.59. The number of nitrogens with zero attached hydrogens (tertiary/aromatic N) is 2. The molecular formula is C24H23N3O4S. The smallest absolute Gasteiger partial charge is 0.339 e. The summed E-state index contributed by atoms with van der Waals surface area (Å²) in [5, 5.41) is 7.22. The van der Waals surface area contributed by atoms with Crippen LogP contribution in [-0.4, -0.2) is 28.6 Å². The van der Waals surface area contributed by atoms with Gasteiger partial charge in [0, 0.05) is 21.0 Å². The minimum atomic E-state index is -0.634. The van der Waals surface area contributed by atoms with Crippen LogP contribution in [0.2, 0.25) is 0 Å². The molecule has 1 aromatic carbocycles. The highest BCUT2D eigenvalue weighted by Crippen LogP contribution is 2.33. The maximum absolute atomic E-state index is 13.0. The maximum atomic E-state index is 13.0. The van der Waals surface area contributed by atoms with Gasteiger partial charge in [0.1, 0.15) is 0 Å². The van der Waals surface area contributed by atoms with Crippen molar-refractivity contribution < 1.29 is 18.8 Å². The molecule has 1 N–H and O–H groups in total. The number of thiophene rings is 1. The third kappa shape index (κ3) is 4.27. The van der Waals surface area contributed by atoms with Crippen molar-refractivity contribution in [3.05, 3.63) is 62.5 Å². The van der Waals surface area contributed by atoms with Crippen molar-refractivity contribution in [2.45, 2.75) is 34.6 Å². The molecule has 0 aliphatic heterocycles. The third-order valence-corrected chi connectivity index (χ3v) is 6.12. The second kappa shape index (κ2) is 8.55. The summed E-state index contributed by atoms with van der Waals surface area (Å²) in [6.07, 6.45) is 0. The molecule has 8 heteroatoms. The summed E-state index contributed by atoms with van der Waals surface area (Å²) in [5.41, 5.74) is 5.23. The zero-order valence-electron chi connectivity index (χ0n) is 18.5. The van der Waals surface area contributed by atoms with Gasteiger partial charge in [-0.05, 0) is 63.9 Å². The standard InChI is InChI=1S/C24H23N3O4S/c1-12-6-7-13(2)19(8-12)25-21(28)11-30-24(29)18-10-20(17-9-14(3)32-16(17)5)26-23-22(18)15(4)27-31-23/h6-10H,11H2,1-5H3,(H,25,28). The Hall–Kier alpha value is -3.52. The van der Waals surface area contributed by atoms with Gasteiger partial charge in [-0.2, -0.15) is 0 Å². The van der Waals surface area contributed by atoms with Gasteiger partial charge in [0.15, 0.2) is 6.61 Å². The highest BCUT2D eigenvalue weighted by molar-refractivity contribution is 7.12. The quantitative estimate of drug-likeness (QED) is 0.416. The number of amides is 1. The normalized spacial score (nSPS) is 11.0. The third-order valence-electron chi connectivity index (χ3n) is 5.16. The van der Waals surface area contributed by atoms with Crippen molar-refractivity contribution in [1.82, 2.24) is 10.1 Å². The summed E-state index contributed by atoms with van der Waals surface area (Å²) >= 11 is 1.65. The van der Waals surface area contributed by atoms with Crippen LogP contribution in [0.25, 0.3) is 22.4 Å². The van der Waals surface area contributed by atoms with Crippen LogP contribution in [0.4, 0.5) is 5.69 Å². The van der Waals surface area contributed by atoms with Crippen LogP contribution in [0.5, 0.6) is 0 Å². The average Bonchev–Trinajstić information content (AvgIpc) is 3.29. The number of rotatable bonds is 5. The lowest BCUT2D eigenvalue weighted by molar-refractivity contribution is -0.119. The molecule has 0 saturated carbocycles. The van der Waals surface area contributed by atoms with Crippen molar-refractivity contribution in [2.75, 3.05) is 11.9 Å². The van der Waals surface area contributed by atoms with Gasteiger partial charge in [-0.25, -0.2) is 9.78 Å². The lowest BCUT2D eigenvalue weighted by Crippen LogP contribution is -2.21. The topological polar surface area (TPSA) is 94.3 Å². The van der Waals surface area contributed by atoms with Crippen LogP contribution in [0.15, 0.2) is 34.9 Å². The SMILES string of the molecule is Cc1ccc(C)c(NC(=O)COC(=O)c2cc(-c3cc(C)sc3C)nc3onc(C)c23)c1. The number of carbonyl (C=O) groups excluding carboxylic acids is 2. The number of aryl methyl sites for hydroxylation is 5. The molecule has 4 rings (SSSR count). The van der Waals surface area contributed by atoms with Gasteiger partial charge in [0.05, 0.1) is 22.3 Å². The molecule has 3 heterocycles. The van der Waals surface area contributed by atoms with E-state index in [0.717, 1.165) is 26.4 Å². The number of hydrogen-bond donors (Lipinski definition) is 1. The number of benzene rings is 1. The monoisotopic (exact) mass is 449 g/mol. The fourth-order valence-electron chi connectivity index (χ4n) is 3.54. The van der Waals surface area contributed by atoms with E-state index in [1.54, 1.807) is 24.3 Å². The molecule has 0 saturated heterocycles. The van der Waals surface area contributed by atoms with Crippen LogP contribution in [-0.2, 0) is 9.53 Å². The van der Waals surface area contributed by atoms with Crippen molar-refractivity contribution in [1.29, 1.82) is 0 Å². The van der Waals surface area contributed by atoms with E-state index in [2.05, 4.69) is 15.5 Å². The first-order valence-electron chi connectivity index (χ1n) is 10.1.